The number of ether oxygens (including phenoxy) is 2. The molecule has 1 fully saturated rings. The Hall–Kier alpha value is -2.60. The van der Waals surface area contributed by atoms with Gasteiger partial charge in [0.25, 0.3) is 5.56 Å². The minimum atomic E-state index is -0.814. The van der Waals surface area contributed by atoms with Gasteiger partial charge in [0, 0.05) is 19.8 Å². The second-order valence-electron chi connectivity index (χ2n) is 4.92. The zero-order chi connectivity index (χ0) is 17.4. The molecule has 2 unspecified atom stereocenters. The highest BCUT2D eigenvalue weighted by atomic mass is 32.1. The van der Waals surface area contributed by atoms with Crippen LogP contribution in [-0.4, -0.2) is 48.6 Å². The molecule has 3 rings (SSSR count). The van der Waals surface area contributed by atoms with E-state index in [4.69, 9.17) is 33.2 Å². The normalized spacial score (nSPS) is 20.4. The van der Waals surface area contributed by atoms with Crippen LogP contribution in [0.15, 0.2) is 4.79 Å². The van der Waals surface area contributed by atoms with Gasteiger partial charge in [-0.1, -0.05) is 5.21 Å². The van der Waals surface area contributed by atoms with Crippen LogP contribution in [0.4, 0.5) is 5.82 Å². The predicted molar refractivity (Wildman–Crippen MR) is 85.3 cm³/mol. The van der Waals surface area contributed by atoms with Crippen molar-refractivity contribution in [1.29, 1.82) is 0 Å². The fourth-order valence-corrected chi connectivity index (χ4v) is 2.34. The van der Waals surface area contributed by atoms with Crippen LogP contribution in [0.1, 0.15) is 13.2 Å². The Bertz CT molecular complexity index is 876. The molecular weight excluding hydrogens is 338 g/mol. The summed E-state index contributed by atoms with van der Waals surface area (Å²) in [6.45, 7) is 1.33. The highest BCUT2D eigenvalue weighted by molar-refractivity contribution is 7.80. The van der Waals surface area contributed by atoms with E-state index in [-0.39, 0.29) is 28.6 Å². The van der Waals surface area contributed by atoms with E-state index in [2.05, 4.69) is 15.4 Å². The van der Waals surface area contributed by atoms with Crippen molar-refractivity contribution in [3.8, 4) is 0 Å². The van der Waals surface area contributed by atoms with E-state index in [1.165, 1.54) is 6.92 Å². The molecule has 1 saturated heterocycles. The van der Waals surface area contributed by atoms with Crippen LogP contribution >= 0.6 is 12.2 Å². The van der Waals surface area contributed by atoms with Crippen LogP contribution in [0.5, 0.6) is 0 Å². The SMILES string of the molecule is CC(=O)OCC1[CH][CH]C(n2nnc3c(N)nn(C(N)=S)c3c2=O)O1. The molecule has 0 spiro atoms. The summed E-state index contributed by atoms with van der Waals surface area (Å²) in [5.74, 6) is -0.435. The number of hydrogen-bond donors (Lipinski definition) is 2. The lowest BCUT2D eigenvalue weighted by molar-refractivity contribution is -0.145. The van der Waals surface area contributed by atoms with Crippen molar-refractivity contribution in [2.24, 2.45) is 5.73 Å². The smallest absolute Gasteiger partial charge is 0.302 e. The molecule has 2 radical (unpaired) electrons. The number of carbonyl (C=O) groups is 1. The van der Waals surface area contributed by atoms with Crippen LogP contribution in [0.3, 0.4) is 0 Å². The van der Waals surface area contributed by atoms with Crippen molar-refractivity contribution < 1.29 is 14.3 Å². The summed E-state index contributed by atoms with van der Waals surface area (Å²) in [6.07, 6.45) is 1.95. The summed E-state index contributed by atoms with van der Waals surface area (Å²) in [6, 6.07) is 0. The van der Waals surface area contributed by atoms with Crippen molar-refractivity contribution in [3.63, 3.8) is 0 Å². The van der Waals surface area contributed by atoms with Gasteiger partial charge < -0.3 is 20.9 Å². The molecule has 0 bridgehead atoms. The minimum Gasteiger partial charge on any atom is -0.463 e. The van der Waals surface area contributed by atoms with Gasteiger partial charge in [-0.15, -0.1) is 10.2 Å². The maximum absolute atomic E-state index is 12.7. The number of rotatable bonds is 3. The van der Waals surface area contributed by atoms with Crippen LogP contribution in [0.2, 0.25) is 0 Å². The second-order valence-corrected chi connectivity index (χ2v) is 5.34. The van der Waals surface area contributed by atoms with Crippen molar-refractivity contribution in [3.05, 3.63) is 23.2 Å². The molecule has 1 aliphatic heterocycles. The third-order valence-electron chi connectivity index (χ3n) is 3.24. The summed E-state index contributed by atoms with van der Waals surface area (Å²) >= 11 is 4.85. The van der Waals surface area contributed by atoms with Crippen molar-refractivity contribution in [2.45, 2.75) is 19.3 Å². The summed E-state index contributed by atoms with van der Waals surface area (Å²) in [5, 5.41) is 11.4. The van der Waals surface area contributed by atoms with E-state index in [1.54, 1.807) is 12.8 Å². The second kappa shape index (κ2) is 6.13. The van der Waals surface area contributed by atoms with Gasteiger partial charge in [-0.05, 0) is 12.2 Å². The van der Waals surface area contributed by atoms with E-state index in [0.717, 1.165) is 9.36 Å². The summed E-state index contributed by atoms with van der Waals surface area (Å²) < 4.78 is 12.5. The largest absolute Gasteiger partial charge is 0.463 e. The van der Waals surface area contributed by atoms with Crippen LogP contribution in [0, 0.1) is 12.8 Å². The summed E-state index contributed by atoms with van der Waals surface area (Å²) in [4.78, 5) is 23.5. The number of anilines is 1. The number of thiocarbonyl (C=S) groups is 1. The lowest BCUT2D eigenvalue weighted by atomic mass is 10.2. The summed E-state index contributed by atoms with van der Waals surface area (Å²) in [5.41, 5.74) is 10.8. The maximum atomic E-state index is 12.7. The fourth-order valence-electron chi connectivity index (χ4n) is 2.21. The van der Waals surface area contributed by atoms with E-state index in [0.29, 0.717) is 0 Å². The lowest BCUT2D eigenvalue weighted by Crippen LogP contribution is -2.32. The predicted octanol–water partition coefficient (Wildman–Crippen LogP) is -1.47. The van der Waals surface area contributed by atoms with Crippen LogP contribution in [-0.2, 0) is 14.3 Å². The lowest BCUT2D eigenvalue weighted by Gasteiger charge is -2.14. The Morgan fingerprint density at radius 1 is 1.50 bits per heavy atom. The quantitative estimate of drug-likeness (QED) is 0.495. The van der Waals surface area contributed by atoms with Crippen LogP contribution < -0.4 is 17.0 Å². The first-order valence-corrected chi connectivity index (χ1v) is 7.20. The number of hydrogen-bond acceptors (Lipinski definition) is 9. The molecule has 126 valence electrons. The summed E-state index contributed by atoms with van der Waals surface area (Å²) in [7, 11) is 0. The molecule has 0 saturated carbocycles. The number of esters is 1. The molecule has 2 atom stereocenters. The van der Waals surface area contributed by atoms with Gasteiger partial charge in [-0.25, -0.2) is 0 Å². The number of fused-ring (bicyclic) bond motifs is 1. The molecular formula is C12H13N7O4S. The van der Waals surface area contributed by atoms with E-state index < -0.39 is 23.9 Å². The molecule has 11 nitrogen and oxygen atoms in total. The first-order valence-electron chi connectivity index (χ1n) is 6.79. The molecule has 24 heavy (non-hydrogen) atoms. The Labute approximate surface area is 140 Å². The molecule has 0 aromatic carbocycles. The fraction of sp³-hybridized carbons (Fsp3) is 0.333. The van der Waals surface area contributed by atoms with Gasteiger partial charge >= 0.3 is 5.97 Å². The average Bonchev–Trinajstić information content (AvgIpc) is 3.11. The van der Waals surface area contributed by atoms with Crippen molar-refractivity contribution in [2.75, 3.05) is 12.3 Å². The minimum absolute atomic E-state index is 0.00910. The maximum Gasteiger partial charge on any atom is 0.302 e. The standard InChI is InChI=1S/C12H13N7O4S/c1-5(20)22-4-6-2-3-7(23-6)18-11(21)9-8(15-17-18)10(13)16-19(9)12(14)24/h2-3,6-7H,4H2,1H3,(H2,13,16)(H2,14,24). The number of aromatic nitrogens is 5. The van der Waals surface area contributed by atoms with Gasteiger partial charge in [-0.2, -0.15) is 9.36 Å². The highest BCUT2D eigenvalue weighted by Crippen LogP contribution is 2.25. The average molecular weight is 351 g/mol. The molecule has 0 aliphatic carbocycles. The van der Waals surface area contributed by atoms with Gasteiger partial charge in [0.1, 0.15) is 6.61 Å². The molecule has 3 heterocycles. The Kier molecular flexibility index (Phi) is 4.15. The monoisotopic (exact) mass is 351 g/mol. The topological polar surface area (TPSA) is 153 Å². The first-order chi connectivity index (χ1) is 11.4. The van der Waals surface area contributed by atoms with E-state index in [1.807, 2.05) is 0 Å². The Morgan fingerprint density at radius 2 is 2.25 bits per heavy atom. The van der Waals surface area contributed by atoms with Gasteiger partial charge in [-0.3, -0.25) is 9.59 Å². The molecule has 0 amide bonds. The molecule has 12 heteroatoms. The van der Waals surface area contributed by atoms with Gasteiger partial charge in [0.05, 0.1) is 6.10 Å². The number of carbonyl (C=O) groups excluding carboxylic acids is 1. The van der Waals surface area contributed by atoms with Gasteiger partial charge in [0.2, 0.25) is 0 Å². The Morgan fingerprint density at radius 3 is 2.92 bits per heavy atom. The first kappa shape index (κ1) is 16.3. The van der Waals surface area contributed by atoms with Gasteiger partial charge in [0.15, 0.2) is 28.2 Å². The Balaban J connectivity index is 1.93. The highest BCUT2D eigenvalue weighted by Gasteiger charge is 2.31. The molecule has 1 aliphatic rings. The van der Waals surface area contributed by atoms with E-state index in [9.17, 15) is 9.59 Å². The molecule has 2 aromatic rings. The number of nitrogen functional groups attached to an aromatic ring is 1. The zero-order valence-corrected chi connectivity index (χ0v) is 13.3. The van der Waals surface area contributed by atoms with Crippen molar-refractivity contribution >= 4 is 40.2 Å². The molecule has 4 N–H and O–H groups in total. The third kappa shape index (κ3) is 2.80. The van der Waals surface area contributed by atoms with Crippen molar-refractivity contribution in [1.82, 2.24) is 24.8 Å². The third-order valence-corrected chi connectivity index (χ3v) is 3.42. The van der Waals surface area contributed by atoms with Crippen LogP contribution in [0.25, 0.3) is 11.0 Å². The van der Waals surface area contributed by atoms with E-state index >= 15 is 0 Å². The zero-order valence-electron chi connectivity index (χ0n) is 12.4. The number of nitrogens with two attached hydrogens (primary N) is 2. The molecule has 2 aromatic heterocycles. The number of nitrogens with zero attached hydrogens (tertiary/aromatic N) is 5.